The average molecular weight is 869 g/mol. The number of aryl methyl sites for hydroxylation is 2. The lowest BCUT2D eigenvalue weighted by atomic mass is 10.1. The van der Waals surface area contributed by atoms with Crippen LogP contribution < -0.4 is 30.7 Å². The van der Waals surface area contributed by atoms with E-state index in [0.29, 0.717) is 57.4 Å². The maximum atomic E-state index is 12.9. The number of halogens is 3. The Hall–Kier alpha value is -8.47. The zero-order valence-corrected chi connectivity index (χ0v) is 34.7. The quantitative estimate of drug-likeness (QED) is 0.0914. The molecule has 4 aromatic carbocycles. The molecule has 8 rings (SSSR count). The Morgan fingerprint density at radius 3 is 1.73 bits per heavy atom. The second kappa shape index (κ2) is 19.5. The van der Waals surface area contributed by atoms with Gasteiger partial charge in [-0.05, 0) is 104 Å². The third-order valence-electron chi connectivity index (χ3n) is 9.43. The van der Waals surface area contributed by atoms with Crippen LogP contribution in [0.25, 0.3) is 22.8 Å². The van der Waals surface area contributed by atoms with Gasteiger partial charge in [-0.1, -0.05) is 24.3 Å². The maximum absolute atomic E-state index is 12.9. The number of anilines is 6. The molecule has 0 spiro atoms. The number of alkyl halides is 3. The number of pyridine rings is 2. The second-order valence-corrected chi connectivity index (χ2v) is 13.9. The van der Waals surface area contributed by atoms with Gasteiger partial charge in [0, 0.05) is 64.1 Å². The summed E-state index contributed by atoms with van der Waals surface area (Å²) in [7, 11) is 3.08. The number of hydrogen-bond donors (Lipinski definition) is 4. The zero-order chi connectivity index (χ0) is 45.2. The van der Waals surface area contributed by atoms with Gasteiger partial charge in [-0.25, -0.2) is 9.97 Å². The first-order valence-corrected chi connectivity index (χ1v) is 19.4. The van der Waals surface area contributed by atoms with Gasteiger partial charge < -0.3 is 39.6 Å². The molecule has 0 aliphatic rings. The fraction of sp³-hybridized carbons (Fsp3) is 0.106. The van der Waals surface area contributed by atoms with Crippen molar-refractivity contribution in [1.29, 1.82) is 0 Å². The number of rotatable bonds is 12. The van der Waals surface area contributed by atoms with Gasteiger partial charge in [0.1, 0.15) is 17.2 Å². The average Bonchev–Trinajstić information content (AvgIpc) is 3.99. The van der Waals surface area contributed by atoms with Crippen LogP contribution in [0.1, 0.15) is 37.4 Å². The number of aromatic nitrogens is 4. The van der Waals surface area contributed by atoms with Gasteiger partial charge in [-0.3, -0.25) is 19.6 Å². The lowest BCUT2D eigenvalue weighted by Gasteiger charge is -2.12. The van der Waals surface area contributed by atoms with E-state index in [4.69, 9.17) is 18.3 Å². The molecular weight excluding hydrogens is 830 g/mol. The summed E-state index contributed by atoms with van der Waals surface area (Å²) in [5.41, 5.74) is 5.16. The van der Waals surface area contributed by atoms with Gasteiger partial charge >= 0.3 is 6.18 Å². The molecule has 0 saturated heterocycles. The number of amides is 2. The van der Waals surface area contributed by atoms with E-state index in [1.54, 1.807) is 79.5 Å². The number of ether oxygens (including phenoxy) is 2. The van der Waals surface area contributed by atoms with Crippen molar-refractivity contribution in [2.45, 2.75) is 20.0 Å². The minimum atomic E-state index is -4.53. The van der Waals surface area contributed by atoms with Crippen LogP contribution in [0.2, 0.25) is 0 Å². The van der Waals surface area contributed by atoms with E-state index in [0.717, 1.165) is 34.5 Å². The predicted molar refractivity (Wildman–Crippen MR) is 235 cm³/mol. The Balaban J connectivity index is 0.000000191. The largest absolute Gasteiger partial charge is 0.497 e. The molecule has 4 heterocycles. The van der Waals surface area contributed by atoms with E-state index >= 15 is 0 Å². The van der Waals surface area contributed by atoms with Gasteiger partial charge in [0.05, 0.1) is 32.2 Å². The number of carbonyl (C=O) groups excluding carboxylic acids is 2. The molecule has 14 nitrogen and oxygen atoms in total. The van der Waals surface area contributed by atoms with Gasteiger partial charge in [-0.2, -0.15) is 13.2 Å². The fourth-order valence-electron chi connectivity index (χ4n) is 6.02. The topological polar surface area (TPSA) is 179 Å². The van der Waals surface area contributed by atoms with Gasteiger partial charge in [0.15, 0.2) is 11.5 Å². The summed E-state index contributed by atoms with van der Waals surface area (Å²) in [6.07, 6.45) is 3.69. The third kappa shape index (κ3) is 11.1. The van der Waals surface area contributed by atoms with Crippen molar-refractivity contribution in [3.63, 3.8) is 0 Å². The highest BCUT2D eigenvalue weighted by Crippen LogP contribution is 2.32. The first-order valence-electron chi connectivity index (χ1n) is 19.4. The minimum absolute atomic E-state index is 0.0948. The molecule has 0 aliphatic heterocycles. The van der Waals surface area contributed by atoms with Crippen molar-refractivity contribution in [2.24, 2.45) is 0 Å². The monoisotopic (exact) mass is 868 g/mol. The van der Waals surface area contributed by atoms with Crippen molar-refractivity contribution in [1.82, 2.24) is 19.9 Å². The summed E-state index contributed by atoms with van der Waals surface area (Å²) in [6.45, 7) is 3.80. The number of benzene rings is 4. The molecule has 0 unspecified atom stereocenters. The molecule has 324 valence electrons. The zero-order valence-electron chi connectivity index (χ0n) is 34.7. The van der Waals surface area contributed by atoms with Crippen molar-refractivity contribution < 1.29 is 41.1 Å². The van der Waals surface area contributed by atoms with E-state index in [1.165, 1.54) is 26.4 Å². The maximum Gasteiger partial charge on any atom is 0.416 e. The summed E-state index contributed by atoms with van der Waals surface area (Å²) < 4.78 is 60.7. The normalized spacial score (nSPS) is 10.9. The molecule has 17 heteroatoms. The van der Waals surface area contributed by atoms with Crippen LogP contribution in [0.3, 0.4) is 0 Å². The molecule has 2 amide bonds. The van der Waals surface area contributed by atoms with E-state index in [9.17, 15) is 22.8 Å². The number of nitrogens with zero attached hydrogens (tertiary/aromatic N) is 4. The Bertz CT molecular complexity index is 2860. The second-order valence-electron chi connectivity index (χ2n) is 13.9. The lowest BCUT2D eigenvalue weighted by molar-refractivity contribution is -0.137. The van der Waals surface area contributed by atoms with Crippen LogP contribution >= 0.6 is 0 Å². The molecule has 0 bridgehead atoms. The molecule has 0 aliphatic carbocycles. The highest BCUT2D eigenvalue weighted by atomic mass is 19.4. The van der Waals surface area contributed by atoms with Crippen LogP contribution in [0.4, 0.5) is 48.0 Å². The highest BCUT2D eigenvalue weighted by molar-refractivity contribution is 6.05. The molecule has 0 radical (unpaired) electrons. The van der Waals surface area contributed by atoms with Crippen molar-refractivity contribution in [3.8, 4) is 34.3 Å². The lowest BCUT2D eigenvalue weighted by Crippen LogP contribution is -2.14. The molecule has 8 aromatic rings. The number of carbonyl (C=O) groups is 2. The molecule has 0 saturated carbocycles. The van der Waals surface area contributed by atoms with E-state index < -0.39 is 17.6 Å². The summed E-state index contributed by atoms with van der Waals surface area (Å²) in [5, 5.41) is 11.7. The molecule has 0 atom stereocenters. The standard InChI is InChI=1S/C24H22N4O4.C23H17F3N4O2/c1-15-4-5-18(27-23(29)17-10-19(30-2)13-20(11-17)31-3)12-21(15)28-24-26-14-22(32-24)16-6-8-25-9-7-16;1-14-8-9-17(29-21(31)15-5-4-6-16(11-15)23(24,25)26)12-19(14)30-22-28-13-20(32-22)18-7-2-3-10-27-18/h4-14H,1-3H3,(H,26,28)(H,27,29);2-13H,1H3,(H,28,30)(H,29,31). The highest BCUT2D eigenvalue weighted by Gasteiger charge is 2.31. The van der Waals surface area contributed by atoms with Crippen LogP contribution in [0.15, 0.2) is 149 Å². The Morgan fingerprint density at radius 2 is 1.17 bits per heavy atom. The van der Waals surface area contributed by atoms with E-state index in [1.807, 2.05) is 50.2 Å². The number of hydrogen-bond acceptors (Lipinski definition) is 12. The minimum Gasteiger partial charge on any atom is -0.497 e. The van der Waals surface area contributed by atoms with Crippen LogP contribution in [-0.2, 0) is 6.18 Å². The molecular formula is C47H39F3N8O6. The summed E-state index contributed by atoms with van der Waals surface area (Å²) in [6, 6.07) is 29.6. The first kappa shape index (κ1) is 43.6. The number of methoxy groups -OCH3 is 2. The predicted octanol–water partition coefficient (Wildman–Crippen LogP) is 11.1. The van der Waals surface area contributed by atoms with Gasteiger partial charge in [0.25, 0.3) is 23.8 Å². The molecule has 4 N–H and O–H groups in total. The van der Waals surface area contributed by atoms with Crippen molar-refractivity contribution in [2.75, 3.05) is 35.5 Å². The van der Waals surface area contributed by atoms with Crippen LogP contribution in [0, 0.1) is 13.8 Å². The first-order chi connectivity index (χ1) is 30.8. The van der Waals surface area contributed by atoms with Crippen molar-refractivity contribution >= 4 is 46.6 Å². The number of oxazole rings is 2. The van der Waals surface area contributed by atoms with Gasteiger partial charge in [0.2, 0.25) is 0 Å². The third-order valence-corrected chi connectivity index (χ3v) is 9.43. The molecule has 64 heavy (non-hydrogen) atoms. The summed E-state index contributed by atoms with van der Waals surface area (Å²) >= 11 is 0. The van der Waals surface area contributed by atoms with E-state index in [-0.39, 0.29) is 17.5 Å². The Labute approximate surface area is 364 Å². The van der Waals surface area contributed by atoms with Crippen LogP contribution in [-0.4, -0.2) is 46.0 Å². The summed E-state index contributed by atoms with van der Waals surface area (Å²) in [5.74, 6) is 1.25. The Morgan fingerprint density at radius 1 is 0.594 bits per heavy atom. The van der Waals surface area contributed by atoms with Crippen LogP contribution in [0.5, 0.6) is 11.5 Å². The van der Waals surface area contributed by atoms with Crippen molar-refractivity contribution in [3.05, 3.63) is 168 Å². The SMILES string of the molecule is COc1cc(OC)cc(C(=O)Nc2ccc(C)c(Nc3ncc(-c4ccncc4)o3)c2)c1.Cc1ccc(NC(=O)c2cccc(C(F)(F)F)c2)cc1Nc1ncc(-c2ccccn2)o1. The smallest absolute Gasteiger partial charge is 0.416 e. The van der Waals surface area contributed by atoms with Gasteiger partial charge in [-0.15, -0.1) is 0 Å². The molecule has 0 fully saturated rings. The number of nitrogens with one attached hydrogen (secondary N) is 4. The Kier molecular flexibility index (Phi) is 13.3. The fourth-order valence-corrected chi connectivity index (χ4v) is 6.02. The molecule has 4 aromatic heterocycles. The van der Waals surface area contributed by atoms with E-state index in [2.05, 4.69) is 41.2 Å². The summed E-state index contributed by atoms with van der Waals surface area (Å²) in [4.78, 5) is 41.9.